The van der Waals surface area contributed by atoms with Crippen LogP contribution < -0.4 is 20.3 Å². The highest BCUT2D eigenvalue weighted by molar-refractivity contribution is 6.15. The van der Waals surface area contributed by atoms with Crippen molar-refractivity contribution < 1.29 is 23.9 Å². The van der Waals surface area contributed by atoms with Gasteiger partial charge < -0.3 is 9.47 Å². The molecule has 0 saturated carbocycles. The van der Waals surface area contributed by atoms with Gasteiger partial charge in [0, 0.05) is 16.7 Å². The molecule has 0 saturated heterocycles. The lowest BCUT2D eigenvalue weighted by atomic mass is 9.98. The lowest BCUT2D eigenvalue weighted by molar-refractivity contribution is 0.0844. The second-order valence-corrected chi connectivity index (χ2v) is 7.18. The average Bonchev–Trinajstić information content (AvgIpc) is 2.82. The third kappa shape index (κ3) is 5.31. The Morgan fingerprint density at radius 1 is 0.719 bits per heavy atom. The molecule has 32 heavy (non-hydrogen) atoms. The van der Waals surface area contributed by atoms with Gasteiger partial charge in [-0.2, -0.15) is 0 Å². The number of methoxy groups -OCH3 is 1. The summed E-state index contributed by atoms with van der Waals surface area (Å²) < 4.78 is 10.9. The number of benzene rings is 3. The minimum absolute atomic E-state index is 0.0541. The molecule has 164 valence electrons. The summed E-state index contributed by atoms with van der Waals surface area (Å²) in [5, 5.41) is 0. The summed E-state index contributed by atoms with van der Waals surface area (Å²) in [6, 6.07) is 19.8. The molecule has 0 fully saturated rings. The Kier molecular flexibility index (Phi) is 7.23. The van der Waals surface area contributed by atoms with Crippen molar-refractivity contribution in [3.8, 4) is 11.5 Å². The SMILES string of the molecule is COc1cc(C(=O)NNC(=O)c2ccccc2C(=O)c2ccccc2)ccc1OC(C)C. The van der Waals surface area contributed by atoms with Crippen LogP contribution in [0.2, 0.25) is 0 Å². The molecular weight excluding hydrogens is 408 g/mol. The number of hydrazine groups is 1. The molecule has 0 bridgehead atoms. The standard InChI is InChI=1S/C25H24N2O5/c1-16(2)32-21-14-13-18(15-22(21)31-3)24(29)26-27-25(30)20-12-8-7-11-19(20)23(28)17-9-5-4-6-10-17/h4-16H,1-3H3,(H,26,29)(H,27,30). The van der Waals surface area contributed by atoms with Crippen molar-refractivity contribution >= 4 is 17.6 Å². The molecule has 2 amide bonds. The molecule has 0 aromatic heterocycles. The first-order chi connectivity index (χ1) is 15.4. The van der Waals surface area contributed by atoms with E-state index in [0.717, 1.165) is 0 Å². The molecule has 3 rings (SSSR count). The van der Waals surface area contributed by atoms with Gasteiger partial charge in [0.2, 0.25) is 0 Å². The fraction of sp³-hybridized carbons (Fsp3) is 0.160. The first kappa shape index (κ1) is 22.6. The number of ether oxygens (including phenoxy) is 2. The van der Waals surface area contributed by atoms with Crippen LogP contribution in [0, 0.1) is 0 Å². The fourth-order valence-electron chi connectivity index (χ4n) is 3.04. The summed E-state index contributed by atoms with van der Waals surface area (Å²) in [4.78, 5) is 38.1. The maximum Gasteiger partial charge on any atom is 0.270 e. The number of carbonyl (C=O) groups excluding carboxylic acids is 3. The van der Waals surface area contributed by atoms with Crippen molar-refractivity contribution in [1.29, 1.82) is 0 Å². The summed E-state index contributed by atoms with van der Waals surface area (Å²) in [7, 11) is 1.48. The zero-order valence-electron chi connectivity index (χ0n) is 18.0. The molecule has 2 N–H and O–H groups in total. The van der Waals surface area contributed by atoms with Crippen LogP contribution in [-0.2, 0) is 0 Å². The number of rotatable bonds is 7. The third-order valence-electron chi connectivity index (χ3n) is 4.53. The molecule has 0 heterocycles. The van der Waals surface area contributed by atoms with E-state index in [1.165, 1.54) is 19.2 Å². The van der Waals surface area contributed by atoms with Crippen molar-refractivity contribution in [3.63, 3.8) is 0 Å². The van der Waals surface area contributed by atoms with Crippen LogP contribution in [0.3, 0.4) is 0 Å². The van der Waals surface area contributed by atoms with Crippen LogP contribution >= 0.6 is 0 Å². The van der Waals surface area contributed by atoms with Gasteiger partial charge in [-0.1, -0.05) is 48.5 Å². The van der Waals surface area contributed by atoms with E-state index in [2.05, 4.69) is 10.9 Å². The van der Waals surface area contributed by atoms with Gasteiger partial charge in [0.05, 0.1) is 18.8 Å². The molecule has 0 atom stereocenters. The van der Waals surface area contributed by atoms with Gasteiger partial charge in [-0.25, -0.2) is 0 Å². The van der Waals surface area contributed by atoms with Crippen molar-refractivity contribution in [2.24, 2.45) is 0 Å². The minimum Gasteiger partial charge on any atom is -0.493 e. The summed E-state index contributed by atoms with van der Waals surface area (Å²) >= 11 is 0. The zero-order chi connectivity index (χ0) is 23.1. The number of hydrogen-bond acceptors (Lipinski definition) is 5. The van der Waals surface area contributed by atoms with Crippen molar-refractivity contribution in [2.75, 3.05) is 7.11 Å². The van der Waals surface area contributed by atoms with Gasteiger partial charge in [-0.05, 0) is 38.1 Å². The van der Waals surface area contributed by atoms with Crippen LogP contribution in [-0.4, -0.2) is 30.8 Å². The van der Waals surface area contributed by atoms with Gasteiger partial charge in [-0.15, -0.1) is 0 Å². The first-order valence-electron chi connectivity index (χ1n) is 10.0. The lowest BCUT2D eigenvalue weighted by Crippen LogP contribution is -2.42. The summed E-state index contributed by atoms with van der Waals surface area (Å²) in [6.45, 7) is 3.77. The van der Waals surface area contributed by atoms with Crippen molar-refractivity contribution in [1.82, 2.24) is 10.9 Å². The van der Waals surface area contributed by atoms with Gasteiger partial charge in [0.1, 0.15) is 0 Å². The van der Waals surface area contributed by atoms with E-state index in [4.69, 9.17) is 9.47 Å². The van der Waals surface area contributed by atoms with E-state index in [1.807, 2.05) is 13.8 Å². The zero-order valence-corrected chi connectivity index (χ0v) is 18.0. The maximum absolute atomic E-state index is 12.8. The summed E-state index contributed by atoms with van der Waals surface area (Å²) in [5.74, 6) is -0.523. The molecule has 3 aromatic carbocycles. The van der Waals surface area contributed by atoms with Crippen molar-refractivity contribution in [3.05, 3.63) is 95.1 Å². The second kappa shape index (κ2) is 10.3. The summed E-state index contributed by atoms with van der Waals surface area (Å²) in [6.07, 6.45) is -0.0541. The molecule has 0 aliphatic carbocycles. The van der Waals surface area contributed by atoms with E-state index >= 15 is 0 Å². The Labute approximate surface area is 186 Å². The second-order valence-electron chi connectivity index (χ2n) is 7.18. The maximum atomic E-state index is 12.8. The fourth-order valence-corrected chi connectivity index (χ4v) is 3.04. The van der Waals surface area contributed by atoms with Gasteiger partial charge >= 0.3 is 0 Å². The Balaban J connectivity index is 1.73. The number of carbonyl (C=O) groups is 3. The molecule has 0 aliphatic heterocycles. The van der Waals surface area contributed by atoms with Gasteiger partial charge in [0.25, 0.3) is 11.8 Å². The molecule has 3 aromatic rings. The topological polar surface area (TPSA) is 93.7 Å². The molecule has 0 spiro atoms. The highest BCUT2D eigenvalue weighted by Gasteiger charge is 2.19. The van der Waals surface area contributed by atoms with E-state index in [9.17, 15) is 14.4 Å². The van der Waals surface area contributed by atoms with Crippen LogP contribution in [0.4, 0.5) is 0 Å². The van der Waals surface area contributed by atoms with E-state index in [0.29, 0.717) is 17.1 Å². The molecule has 0 aliphatic rings. The minimum atomic E-state index is -0.607. The van der Waals surface area contributed by atoms with E-state index in [1.54, 1.807) is 60.7 Å². The predicted molar refractivity (Wildman–Crippen MR) is 120 cm³/mol. The molecule has 7 heteroatoms. The van der Waals surface area contributed by atoms with Crippen molar-refractivity contribution in [2.45, 2.75) is 20.0 Å². The number of amides is 2. The molecule has 7 nitrogen and oxygen atoms in total. The van der Waals surface area contributed by atoms with Crippen LogP contribution in [0.25, 0.3) is 0 Å². The van der Waals surface area contributed by atoms with Crippen LogP contribution in [0.1, 0.15) is 50.5 Å². The van der Waals surface area contributed by atoms with E-state index < -0.39 is 11.8 Å². The predicted octanol–water partition coefficient (Wildman–Crippen LogP) is 3.79. The highest BCUT2D eigenvalue weighted by Crippen LogP contribution is 2.28. The monoisotopic (exact) mass is 432 g/mol. The molecular formula is C25H24N2O5. The number of ketones is 1. The number of hydrogen-bond donors (Lipinski definition) is 2. The largest absolute Gasteiger partial charge is 0.493 e. The third-order valence-corrected chi connectivity index (χ3v) is 4.53. The lowest BCUT2D eigenvalue weighted by Gasteiger charge is -2.15. The number of nitrogens with one attached hydrogen (secondary N) is 2. The normalized spacial score (nSPS) is 10.4. The quantitative estimate of drug-likeness (QED) is 0.438. The Bertz CT molecular complexity index is 1130. The van der Waals surface area contributed by atoms with Crippen LogP contribution in [0.5, 0.6) is 11.5 Å². The molecule has 0 unspecified atom stereocenters. The average molecular weight is 432 g/mol. The Morgan fingerprint density at radius 3 is 2.00 bits per heavy atom. The Hall–Kier alpha value is -4.13. The molecule has 0 radical (unpaired) electrons. The van der Waals surface area contributed by atoms with E-state index in [-0.39, 0.29) is 28.6 Å². The first-order valence-corrected chi connectivity index (χ1v) is 10.0. The smallest absolute Gasteiger partial charge is 0.270 e. The van der Waals surface area contributed by atoms with Gasteiger partial charge in [-0.3, -0.25) is 25.2 Å². The van der Waals surface area contributed by atoms with Gasteiger partial charge in [0.15, 0.2) is 17.3 Å². The highest BCUT2D eigenvalue weighted by atomic mass is 16.5. The Morgan fingerprint density at radius 2 is 1.34 bits per heavy atom. The van der Waals surface area contributed by atoms with Crippen LogP contribution in [0.15, 0.2) is 72.8 Å². The summed E-state index contributed by atoms with van der Waals surface area (Å²) in [5.41, 5.74) is 5.86.